The maximum absolute atomic E-state index is 12.3. The lowest BCUT2D eigenvalue weighted by atomic mass is 9.96. The van der Waals surface area contributed by atoms with E-state index in [2.05, 4.69) is 30.4 Å². The average molecular weight is 322 g/mol. The summed E-state index contributed by atoms with van der Waals surface area (Å²) in [5, 5.41) is 12.0. The van der Waals surface area contributed by atoms with Crippen molar-refractivity contribution in [2.75, 3.05) is 6.54 Å². The standard InChI is InChI=1S/C20H22N2O2/c1-3-16(17-9-5-4-6-10-17)14-22-20(23)15(2)24-19-12-8-7-11-18(19)13-21/h4-12,15-16H,3,14H2,1-2H3,(H,22,23). The molecule has 1 amide bonds. The van der Waals surface area contributed by atoms with Crippen LogP contribution in [0.15, 0.2) is 54.6 Å². The van der Waals surface area contributed by atoms with E-state index in [9.17, 15) is 4.79 Å². The number of ether oxygens (including phenoxy) is 1. The van der Waals surface area contributed by atoms with E-state index in [4.69, 9.17) is 10.00 Å². The average Bonchev–Trinajstić information content (AvgIpc) is 2.63. The van der Waals surface area contributed by atoms with Crippen LogP contribution in [0.1, 0.15) is 37.3 Å². The van der Waals surface area contributed by atoms with Crippen molar-refractivity contribution >= 4 is 5.91 Å². The molecular formula is C20H22N2O2. The first-order chi connectivity index (χ1) is 11.7. The van der Waals surface area contributed by atoms with Gasteiger partial charge in [0.15, 0.2) is 6.10 Å². The number of amides is 1. The van der Waals surface area contributed by atoms with E-state index in [0.717, 1.165) is 6.42 Å². The van der Waals surface area contributed by atoms with Crippen molar-refractivity contribution in [3.63, 3.8) is 0 Å². The molecule has 2 atom stereocenters. The topological polar surface area (TPSA) is 62.1 Å². The summed E-state index contributed by atoms with van der Waals surface area (Å²) in [5.41, 5.74) is 1.64. The zero-order valence-corrected chi connectivity index (χ0v) is 14.0. The first kappa shape index (κ1) is 17.6. The molecule has 124 valence electrons. The molecule has 0 aromatic heterocycles. The molecule has 4 heteroatoms. The van der Waals surface area contributed by atoms with Crippen LogP contribution in [-0.4, -0.2) is 18.6 Å². The highest BCUT2D eigenvalue weighted by atomic mass is 16.5. The Labute approximate surface area is 143 Å². The molecule has 24 heavy (non-hydrogen) atoms. The third-order valence-corrected chi connectivity index (χ3v) is 3.97. The Bertz CT molecular complexity index is 707. The Morgan fingerprint density at radius 3 is 2.50 bits per heavy atom. The van der Waals surface area contributed by atoms with Gasteiger partial charge in [0.1, 0.15) is 11.8 Å². The molecular weight excluding hydrogens is 300 g/mol. The molecule has 1 N–H and O–H groups in total. The fourth-order valence-electron chi connectivity index (χ4n) is 2.50. The summed E-state index contributed by atoms with van der Waals surface area (Å²) in [6, 6.07) is 19.1. The van der Waals surface area contributed by atoms with Crippen LogP contribution in [0.3, 0.4) is 0 Å². The third kappa shape index (κ3) is 4.60. The molecule has 2 aromatic rings. The van der Waals surface area contributed by atoms with Crippen LogP contribution in [-0.2, 0) is 4.79 Å². The van der Waals surface area contributed by atoms with Gasteiger partial charge in [0.2, 0.25) is 0 Å². The predicted octanol–water partition coefficient (Wildman–Crippen LogP) is 3.64. The number of nitrogens with zero attached hydrogens (tertiary/aromatic N) is 1. The van der Waals surface area contributed by atoms with Crippen molar-refractivity contribution in [2.45, 2.75) is 32.3 Å². The molecule has 2 aromatic carbocycles. The second-order valence-electron chi connectivity index (χ2n) is 5.63. The van der Waals surface area contributed by atoms with Crippen molar-refractivity contribution in [3.8, 4) is 11.8 Å². The zero-order valence-electron chi connectivity index (χ0n) is 14.0. The van der Waals surface area contributed by atoms with Gasteiger partial charge in [-0.25, -0.2) is 0 Å². The van der Waals surface area contributed by atoms with Crippen molar-refractivity contribution in [3.05, 3.63) is 65.7 Å². The normalized spacial score (nSPS) is 12.7. The molecule has 0 aliphatic heterocycles. The van der Waals surface area contributed by atoms with Gasteiger partial charge in [0.25, 0.3) is 5.91 Å². The Hall–Kier alpha value is -2.80. The molecule has 2 rings (SSSR count). The van der Waals surface area contributed by atoms with E-state index in [1.165, 1.54) is 5.56 Å². The Morgan fingerprint density at radius 1 is 1.17 bits per heavy atom. The Balaban J connectivity index is 1.93. The highest BCUT2D eigenvalue weighted by Gasteiger charge is 2.18. The second kappa shape index (κ2) is 8.73. The van der Waals surface area contributed by atoms with Crippen molar-refractivity contribution in [2.24, 2.45) is 0 Å². The highest BCUT2D eigenvalue weighted by Crippen LogP contribution is 2.19. The predicted molar refractivity (Wildman–Crippen MR) is 93.7 cm³/mol. The van der Waals surface area contributed by atoms with E-state index in [1.54, 1.807) is 31.2 Å². The number of carbonyl (C=O) groups excluding carboxylic acids is 1. The van der Waals surface area contributed by atoms with Crippen molar-refractivity contribution in [1.82, 2.24) is 5.32 Å². The Morgan fingerprint density at radius 2 is 1.83 bits per heavy atom. The maximum atomic E-state index is 12.3. The summed E-state index contributed by atoms with van der Waals surface area (Å²) in [6.07, 6.45) is 0.282. The number of hydrogen-bond acceptors (Lipinski definition) is 3. The van der Waals surface area contributed by atoms with Crippen LogP contribution in [0.25, 0.3) is 0 Å². The van der Waals surface area contributed by atoms with E-state index < -0.39 is 6.10 Å². The number of para-hydroxylation sites is 1. The molecule has 0 saturated heterocycles. The first-order valence-electron chi connectivity index (χ1n) is 8.14. The van der Waals surface area contributed by atoms with Gasteiger partial charge in [-0.2, -0.15) is 5.26 Å². The molecule has 0 heterocycles. The van der Waals surface area contributed by atoms with E-state index in [1.807, 2.05) is 18.2 Å². The highest BCUT2D eigenvalue weighted by molar-refractivity contribution is 5.80. The molecule has 0 bridgehead atoms. The minimum absolute atomic E-state index is 0.183. The summed E-state index contributed by atoms with van der Waals surface area (Å²) in [5.74, 6) is 0.517. The molecule has 0 radical (unpaired) electrons. The second-order valence-corrected chi connectivity index (χ2v) is 5.63. The summed E-state index contributed by atoms with van der Waals surface area (Å²) in [7, 11) is 0. The number of nitrogens with one attached hydrogen (secondary N) is 1. The smallest absolute Gasteiger partial charge is 0.260 e. The quantitative estimate of drug-likeness (QED) is 0.846. The minimum Gasteiger partial charge on any atom is -0.480 e. The number of hydrogen-bond donors (Lipinski definition) is 1. The zero-order chi connectivity index (χ0) is 17.4. The van der Waals surface area contributed by atoms with Crippen molar-refractivity contribution in [1.29, 1.82) is 5.26 Å². The van der Waals surface area contributed by atoms with E-state index in [-0.39, 0.29) is 11.8 Å². The van der Waals surface area contributed by atoms with Gasteiger partial charge in [-0.15, -0.1) is 0 Å². The lowest BCUT2D eigenvalue weighted by Gasteiger charge is -2.19. The molecule has 0 aliphatic rings. The SMILES string of the molecule is CCC(CNC(=O)C(C)Oc1ccccc1C#N)c1ccccc1. The lowest BCUT2D eigenvalue weighted by Crippen LogP contribution is -2.38. The van der Waals surface area contributed by atoms with Crippen LogP contribution in [0.5, 0.6) is 5.75 Å². The maximum Gasteiger partial charge on any atom is 0.260 e. The van der Waals surface area contributed by atoms with Crippen LogP contribution in [0.2, 0.25) is 0 Å². The van der Waals surface area contributed by atoms with Crippen LogP contribution in [0.4, 0.5) is 0 Å². The van der Waals surface area contributed by atoms with Gasteiger partial charge >= 0.3 is 0 Å². The molecule has 0 spiro atoms. The third-order valence-electron chi connectivity index (χ3n) is 3.97. The summed E-state index contributed by atoms with van der Waals surface area (Å²) in [4.78, 5) is 12.3. The lowest BCUT2D eigenvalue weighted by molar-refractivity contribution is -0.127. The summed E-state index contributed by atoms with van der Waals surface area (Å²) < 4.78 is 5.64. The largest absolute Gasteiger partial charge is 0.480 e. The number of benzene rings is 2. The van der Waals surface area contributed by atoms with Gasteiger partial charge in [0.05, 0.1) is 5.56 Å². The Kier molecular flexibility index (Phi) is 6.39. The fourth-order valence-corrected chi connectivity index (χ4v) is 2.50. The van der Waals surface area contributed by atoms with Gasteiger partial charge in [0, 0.05) is 12.5 Å². The number of carbonyl (C=O) groups is 1. The summed E-state index contributed by atoms with van der Waals surface area (Å²) >= 11 is 0. The number of rotatable bonds is 7. The first-order valence-corrected chi connectivity index (χ1v) is 8.14. The molecule has 0 fully saturated rings. The molecule has 0 aliphatic carbocycles. The van der Waals surface area contributed by atoms with E-state index in [0.29, 0.717) is 17.9 Å². The van der Waals surface area contributed by atoms with Gasteiger partial charge < -0.3 is 10.1 Å². The molecule has 2 unspecified atom stereocenters. The van der Waals surface area contributed by atoms with Crippen molar-refractivity contribution < 1.29 is 9.53 Å². The van der Waals surface area contributed by atoms with Crippen LogP contribution in [0, 0.1) is 11.3 Å². The van der Waals surface area contributed by atoms with Crippen LogP contribution < -0.4 is 10.1 Å². The fraction of sp³-hybridized carbons (Fsp3) is 0.300. The van der Waals surface area contributed by atoms with Gasteiger partial charge in [-0.05, 0) is 31.0 Å². The van der Waals surface area contributed by atoms with Crippen LogP contribution >= 0.6 is 0 Å². The summed E-state index contributed by atoms with van der Waals surface area (Å²) in [6.45, 7) is 4.35. The number of nitriles is 1. The monoisotopic (exact) mass is 322 g/mol. The van der Waals surface area contributed by atoms with Gasteiger partial charge in [-0.3, -0.25) is 4.79 Å². The molecule has 4 nitrogen and oxygen atoms in total. The van der Waals surface area contributed by atoms with E-state index >= 15 is 0 Å². The minimum atomic E-state index is -0.659. The van der Waals surface area contributed by atoms with Gasteiger partial charge in [-0.1, -0.05) is 49.4 Å². The molecule has 0 saturated carbocycles.